The highest BCUT2D eigenvalue weighted by atomic mass is 32.1. The van der Waals surface area contributed by atoms with E-state index >= 15 is 0 Å². The molecule has 1 aliphatic rings. The average Bonchev–Trinajstić information content (AvgIpc) is 3.38. The maximum absolute atomic E-state index is 12.5. The second-order valence-electron chi connectivity index (χ2n) is 7.19. The third-order valence-corrected chi connectivity index (χ3v) is 6.34. The minimum Gasteiger partial charge on any atom is -0.476 e. The van der Waals surface area contributed by atoms with Crippen LogP contribution in [-0.2, 0) is 4.74 Å². The highest BCUT2D eigenvalue weighted by molar-refractivity contribution is 7.19. The number of carboxylic acids is 1. The molecule has 0 saturated heterocycles. The lowest BCUT2D eigenvalue weighted by Crippen LogP contribution is -2.18. The minimum absolute atomic E-state index is 0.0635. The molecule has 0 saturated carbocycles. The zero-order chi connectivity index (χ0) is 22.1. The molecule has 2 heterocycles. The van der Waals surface area contributed by atoms with Gasteiger partial charge in [-0.3, -0.25) is 10.3 Å². The van der Waals surface area contributed by atoms with Crippen LogP contribution in [0, 0.1) is 0 Å². The Labute approximate surface area is 187 Å². The number of fused-ring (bicyclic) bond motifs is 3. The maximum Gasteiger partial charge on any atom is 0.413 e. The van der Waals surface area contributed by atoms with Crippen molar-refractivity contribution in [2.75, 3.05) is 11.9 Å². The van der Waals surface area contributed by atoms with E-state index in [0.29, 0.717) is 10.4 Å². The number of carboxylic acid groups (broad SMARTS) is 1. The van der Waals surface area contributed by atoms with Crippen LogP contribution in [0.25, 0.3) is 21.6 Å². The van der Waals surface area contributed by atoms with Crippen LogP contribution in [0.2, 0.25) is 0 Å². The number of ether oxygens (including phenoxy) is 1. The van der Waals surface area contributed by atoms with Crippen molar-refractivity contribution in [3.05, 3.63) is 89.9 Å². The molecule has 0 bridgehead atoms. The first-order valence-corrected chi connectivity index (χ1v) is 10.7. The van der Waals surface area contributed by atoms with Gasteiger partial charge in [-0.15, -0.1) is 0 Å². The van der Waals surface area contributed by atoms with Crippen LogP contribution in [0.3, 0.4) is 0 Å². The number of hydrogen-bond acceptors (Lipinski definition) is 6. The molecule has 0 atom stereocenters. The molecule has 5 rings (SSSR count). The first-order chi connectivity index (χ1) is 15.6. The molecule has 2 aromatic heterocycles. The molecule has 1 amide bonds. The molecule has 0 unspecified atom stereocenters. The predicted octanol–water partition coefficient (Wildman–Crippen LogP) is 5.26. The van der Waals surface area contributed by atoms with Gasteiger partial charge >= 0.3 is 12.1 Å². The third-order valence-electron chi connectivity index (χ3n) is 5.32. The van der Waals surface area contributed by atoms with Crippen LogP contribution in [0.1, 0.15) is 27.5 Å². The largest absolute Gasteiger partial charge is 0.476 e. The fourth-order valence-electron chi connectivity index (χ4n) is 3.94. The highest BCUT2D eigenvalue weighted by Gasteiger charge is 2.29. The first kappa shape index (κ1) is 19.9. The summed E-state index contributed by atoms with van der Waals surface area (Å²) < 4.78 is 5.52. The number of aromatic nitrogens is 2. The molecule has 4 aromatic rings. The molecule has 2 aromatic carbocycles. The summed E-state index contributed by atoms with van der Waals surface area (Å²) in [7, 11) is 0. The number of aromatic carboxylic acids is 1. The van der Waals surface area contributed by atoms with Gasteiger partial charge in [-0.25, -0.2) is 14.6 Å². The summed E-state index contributed by atoms with van der Waals surface area (Å²) in [4.78, 5) is 32.6. The number of thiazole rings is 1. The second kappa shape index (κ2) is 8.24. The Morgan fingerprint density at radius 3 is 2.22 bits per heavy atom. The Kier molecular flexibility index (Phi) is 5.12. The van der Waals surface area contributed by atoms with Gasteiger partial charge in [0.2, 0.25) is 0 Å². The van der Waals surface area contributed by atoms with Crippen molar-refractivity contribution in [1.82, 2.24) is 9.97 Å². The van der Waals surface area contributed by atoms with E-state index in [4.69, 9.17) is 4.74 Å². The summed E-state index contributed by atoms with van der Waals surface area (Å²) in [6.07, 6.45) is 2.46. The second-order valence-corrected chi connectivity index (χ2v) is 8.19. The van der Waals surface area contributed by atoms with Crippen molar-refractivity contribution in [3.63, 3.8) is 0 Å². The van der Waals surface area contributed by atoms with E-state index in [2.05, 4.69) is 27.4 Å². The first-order valence-electron chi connectivity index (χ1n) is 9.88. The number of nitrogens with one attached hydrogen (secondary N) is 1. The Bertz CT molecular complexity index is 1270. The van der Waals surface area contributed by atoms with E-state index in [1.165, 1.54) is 0 Å². The van der Waals surface area contributed by atoms with Crippen molar-refractivity contribution in [2.45, 2.75) is 5.92 Å². The number of nitrogens with zero attached hydrogens (tertiary/aromatic N) is 2. The van der Waals surface area contributed by atoms with E-state index in [0.717, 1.165) is 33.6 Å². The van der Waals surface area contributed by atoms with Gasteiger partial charge in [0.05, 0.1) is 4.88 Å². The number of anilines is 1. The minimum atomic E-state index is -1.17. The molecule has 2 N–H and O–H groups in total. The van der Waals surface area contributed by atoms with Crippen LogP contribution >= 0.6 is 11.3 Å². The molecule has 0 aliphatic heterocycles. The van der Waals surface area contributed by atoms with Crippen LogP contribution < -0.4 is 5.32 Å². The molecule has 8 heteroatoms. The van der Waals surface area contributed by atoms with Crippen molar-refractivity contribution in [1.29, 1.82) is 0 Å². The van der Waals surface area contributed by atoms with Crippen molar-refractivity contribution in [3.8, 4) is 21.6 Å². The van der Waals surface area contributed by atoms with Gasteiger partial charge in [-0.1, -0.05) is 59.9 Å². The molecular formula is C24H17N3O4S. The molecule has 1 aliphatic carbocycles. The van der Waals surface area contributed by atoms with E-state index in [1.807, 2.05) is 36.4 Å². The summed E-state index contributed by atoms with van der Waals surface area (Å²) in [5, 5.41) is 12.2. The summed E-state index contributed by atoms with van der Waals surface area (Å²) >= 11 is 1.07. The standard InChI is InChI=1S/C24H17N3O4S/c28-22(29)20-21(14-9-11-25-12-10-14)32-23(26-20)27-24(30)31-13-19-17-7-3-1-5-15(17)16-6-2-4-8-18(16)19/h1-12,19H,13H2,(H,28,29)(H,26,27,30). The zero-order valence-corrected chi connectivity index (χ0v) is 17.5. The van der Waals surface area contributed by atoms with Gasteiger partial charge in [0.1, 0.15) is 6.61 Å². The van der Waals surface area contributed by atoms with Gasteiger partial charge in [-0.2, -0.15) is 0 Å². The average molecular weight is 443 g/mol. The van der Waals surface area contributed by atoms with Crippen molar-refractivity contribution >= 4 is 28.5 Å². The molecule has 158 valence electrons. The van der Waals surface area contributed by atoms with Gasteiger partial charge < -0.3 is 9.84 Å². The summed E-state index contributed by atoms with van der Waals surface area (Å²) in [6.45, 7) is 0.161. The number of carbonyl (C=O) groups excluding carboxylic acids is 1. The van der Waals surface area contributed by atoms with Gasteiger partial charge in [0.15, 0.2) is 10.8 Å². The van der Waals surface area contributed by atoms with Crippen molar-refractivity contribution < 1.29 is 19.4 Å². The Balaban J connectivity index is 1.33. The highest BCUT2D eigenvalue weighted by Crippen LogP contribution is 2.44. The van der Waals surface area contributed by atoms with E-state index in [-0.39, 0.29) is 23.4 Å². The van der Waals surface area contributed by atoms with Gasteiger partial charge in [0.25, 0.3) is 0 Å². The Hall–Kier alpha value is -4.04. The van der Waals surface area contributed by atoms with Gasteiger partial charge in [0, 0.05) is 18.3 Å². The number of rotatable bonds is 5. The number of pyridine rings is 1. The van der Waals surface area contributed by atoms with Crippen LogP contribution in [0.5, 0.6) is 0 Å². The van der Waals surface area contributed by atoms with E-state index in [1.54, 1.807) is 24.5 Å². The molecule has 0 radical (unpaired) electrons. The fourth-order valence-corrected chi connectivity index (χ4v) is 4.89. The predicted molar refractivity (Wildman–Crippen MR) is 121 cm³/mol. The van der Waals surface area contributed by atoms with Crippen LogP contribution in [0.4, 0.5) is 9.93 Å². The lowest BCUT2D eigenvalue weighted by molar-refractivity contribution is 0.0692. The lowest BCUT2D eigenvalue weighted by Gasteiger charge is -2.14. The molecule has 0 spiro atoms. The van der Waals surface area contributed by atoms with Crippen LogP contribution in [0.15, 0.2) is 73.1 Å². The van der Waals surface area contributed by atoms with E-state index in [9.17, 15) is 14.7 Å². The molecule has 0 fully saturated rings. The Morgan fingerprint density at radius 2 is 1.59 bits per heavy atom. The normalized spacial score (nSPS) is 12.1. The topological polar surface area (TPSA) is 101 Å². The fraction of sp³-hybridized carbons (Fsp3) is 0.0833. The number of carbonyl (C=O) groups is 2. The molecule has 32 heavy (non-hydrogen) atoms. The number of benzene rings is 2. The van der Waals surface area contributed by atoms with Crippen molar-refractivity contribution in [2.24, 2.45) is 0 Å². The number of amides is 1. The molecule has 7 nitrogen and oxygen atoms in total. The quantitative estimate of drug-likeness (QED) is 0.436. The summed E-state index contributed by atoms with van der Waals surface area (Å²) in [5.74, 6) is -1.24. The lowest BCUT2D eigenvalue weighted by atomic mass is 9.98. The monoisotopic (exact) mass is 443 g/mol. The third kappa shape index (κ3) is 3.61. The summed E-state index contributed by atoms with van der Waals surface area (Å²) in [5.41, 5.74) is 5.05. The maximum atomic E-state index is 12.5. The SMILES string of the molecule is O=C(Nc1nc(C(=O)O)c(-c2ccncc2)s1)OCC1c2ccccc2-c2ccccc21. The smallest absolute Gasteiger partial charge is 0.413 e. The zero-order valence-electron chi connectivity index (χ0n) is 16.7. The van der Waals surface area contributed by atoms with E-state index < -0.39 is 12.1 Å². The Morgan fingerprint density at radius 1 is 0.969 bits per heavy atom. The number of hydrogen-bond donors (Lipinski definition) is 2. The van der Waals surface area contributed by atoms with Crippen LogP contribution in [-0.4, -0.2) is 33.7 Å². The van der Waals surface area contributed by atoms with Gasteiger partial charge in [-0.05, 0) is 39.9 Å². The molecular weight excluding hydrogens is 426 g/mol. The summed E-state index contributed by atoms with van der Waals surface area (Å²) in [6, 6.07) is 19.5.